The molecule has 2 aromatic carbocycles. The van der Waals surface area contributed by atoms with Crippen LogP contribution in [0.4, 0.5) is 0 Å². The average Bonchev–Trinajstić information content (AvgIpc) is 3.33. The number of carboxylic acids is 1. The summed E-state index contributed by atoms with van der Waals surface area (Å²) in [5, 5.41) is 13.8. The topological polar surface area (TPSA) is 62.7 Å². The summed E-state index contributed by atoms with van der Waals surface area (Å²) < 4.78 is 6.16. The second-order valence-corrected chi connectivity index (χ2v) is 7.63. The summed E-state index contributed by atoms with van der Waals surface area (Å²) in [5.74, 6) is -0.0593. The number of hydrogen-bond acceptors (Lipinski definition) is 5. The van der Waals surface area contributed by atoms with Gasteiger partial charge in [-0.2, -0.15) is 0 Å². The first kappa shape index (κ1) is 17.9. The monoisotopic (exact) mass is 382 g/mol. The lowest BCUT2D eigenvalue weighted by atomic mass is 10.0. The Kier molecular flexibility index (Phi) is 5.36. The van der Waals surface area contributed by atoms with Crippen molar-refractivity contribution >= 4 is 28.1 Å². The van der Waals surface area contributed by atoms with E-state index in [1.54, 1.807) is 0 Å². The number of ether oxygens (including phenoxy) is 1. The van der Waals surface area contributed by atoms with Crippen LogP contribution in [-0.4, -0.2) is 47.2 Å². The van der Waals surface area contributed by atoms with Crippen LogP contribution in [0.2, 0.25) is 0 Å². The molecule has 1 N–H and O–H groups in total. The Balaban J connectivity index is 1.65. The van der Waals surface area contributed by atoms with Gasteiger partial charge in [0.2, 0.25) is 0 Å². The van der Waals surface area contributed by atoms with Crippen LogP contribution in [0.15, 0.2) is 41.8 Å². The number of fused-ring (bicyclic) bond motifs is 1. The van der Waals surface area contributed by atoms with Crippen LogP contribution >= 0.6 is 11.3 Å². The van der Waals surface area contributed by atoms with Gasteiger partial charge in [0.1, 0.15) is 17.4 Å². The van der Waals surface area contributed by atoms with Crippen molar-refractivity contribution in [2.24, 2.45) is 0 Å². The molecule has 0 spiro atoms. The van der Waals surface area contributed by atoms with Crippen LogP contribution in [0.5, 0.6) is 5.75 Å². The van der Waals surface area contributed by atoms with Crippen LogP contribution in [-0.2, 0) is 11.2 Å². The third-order valence-electron chi connectivity index (χ3n) is 4.85. The zero-order chi connectivity index (χ0) is 18.6. The fourth-order valence-electron chi connectivity index (χ4n) is 3.54. The van der Waals surface area contributed by atoms with E-state index in [0.29, 0.717) is 12.3 Å². The van der Waals surface area contributed by atoms with Gasteiger partial charge in [-0.1, -0.05) is 30.3 Å². The Bertz CT molecular complexity index is 948. The van der Waals surface area contributed by atoms with Gasteiger partial charge in [-0.3, -0.25) is 9.69 Å². The summed E-state index contributed by atoms with van der Waals surface area (Å²) in [5.41, 5.74) is 1.54. The fraction of sp³-hybridized carbons (Fsp3) is 0.333. The summed E-state index contributed by atoms with van der Waals surface area (Å²) in [6.45, 7) is 3.87. The molecule has 5 nitrogen and oxygen atoms in total. The van der Waals surface area contributed by atoms with Crippen molar-refractivity contribution in [3.63, 3.8) is 0 Å². The molecule has 0 bridgehead atoms. The van der Waals surface area contributed by atoms with Gasteiger partial charge in [0, 0.05) is 11.9 Å². The molecule has 3 aromatic rings. The molecule has 27 heavy (non-hydrogen) atoms. The maximum Gasteiger partial charge on any atom is 0.309 e. The van der Waals surface area contributed by atoms with E-state index >= 15 is 0 Å². The zero-order valence-corrected chi connectivity index (χ0v) is 15.9. The molecule has 140 valence electrons. The molecular formula is C21H22N2O3S. The zero-order valence-electron chi connectivity index (χ0n) is 15.1. The first-order chi connectivity index (χ1) is 13.2. The van der Waals surface area contributed by atoms with Crippen molar-refractivity contribution in [2.75, 3.05) is 26.2 Å². The first-order valence-corrected chi connectivity index (χ1v) is 10.1. The van der Waals surface area contributed by atoms with Gasteiger partial charge in [0.25, 0.3) is 0 Å². The third-order valence-corrected chi connectivity index (χ3v) is 5.76. The highest BCUT2D eigenvalue weighted by Crippen LogP contribution is 2.38. The van der Waals surface area contributed by atoms with Gasteiger partial charge in [0.15, 0.2) is 0 Å². The van der Waals surface area contributed by atoms with Crippen molar-refractivity contribution in [3.8, 4) is 16.3 Å². The molecule has 0 unspecified atom stereocenters. The normalized spacial score (nSPS) is 14.7. The minimum Gasteiger partial charge on any atom is -0.491 e. The molecular weight excluding hydrogens is 360 g/mol. The Morgan fingerprint density at radius 1 is 1.19 bits per heavy atom. The fourth-order valence-corrected chi connectivity index (χ4v) is 4.42. The average molecular weight is 382 g/mol. The van der Waals surface area contributed by atoms with Crippen molar-refractivity contribution < 1.29 is 14.6 Å². The van der Waals surface area contributed by atoms with Gasteiger partial charge in [-0.05, 0) is 42.8 Å². The lowest BCUT2D eigenvalue weighted by Crippen LogP contribution is -2.25. The number of aromatic nitrogens is 1. The number of likely N-dealkylation sites (tertiary alicyclic amines) is 1. The summed E-state index contributed by atoms with van der Waals surface area (Å²) >= 11 is 1.47. The molecule has 0 saturated carbocycles. The van der Waals surface area contributed by atoms with E-state index in [-0.39, 0.29) is 6.42 Å². The first-order valence-electron chi connectivity index (χ1n) is 9.24. The third kappa shape index (κ3) is 4.12. The van der Waals surface area contributed by atoms with Crippen molar-refractivity contribution in [1.82, 2.24) is 9.88 Å². The maximum atomic E-state index is 11.0. The maximum absolute atomic E-state index is 11.0. The number of carbonyl (C=O) groups is 1. The number of thiazole rings is 1. The molecule has 6 heteroatoms. The van der Waals surface area contributed by atoms with Gasteiger partial charge in [0.05, 0.1) is 17.7 Å². The molecule has 0 amide bonds. The molecule has 1 aliphatic heterocycles. The van der Waals surface area contributed by atoms with E-state index in [9.17, 15) is 4.79 Å². The van der Waals surface area contributed by atoms with Crippen LogP contribution < -0.4 is 4.74 Å². The number of benzene rings is 2. The van der Waals surface area contributed by atoms with Crippen LogP contribution in [0.25, 0.3) is 21.3 Å². The van der Waals surface area contributed by atoms with Crippen LogP contribution in [0.3, 0.4) is 0 Å². The van der Waals surface area contributed by atoms with Gasteiger partial charge >= 0.3 is 5.97 Å². The quantitative estimate of drug-likeness (QED) is 0.667. The van der Waals surface area contributed by atoms with Gasteiger partial charge in [-0.25, -0.2) is 4.98 Å². The van der Waals surface area contributed by atoms with E-state index in [0.717, 1.165) is 46.7 Å². The number of aliphatic carboxylic acids is 1. The van der Waals surface area contributed by atoms with Crippen LogP contribution in [0.1, 0.15) is 18.5 Å². The standard InChI is InChI=1S/C21H22N2O3S/c24-19(25)13-16-14-27-21(22-16)20-17-6-2-1-5-15(17)7-8-18(20)26-12-11-23-9-3-4-10-23/h1-2,5-8,14H,3-4,9-13H2,(H,24,25). The molecule has 1 saturated heterocycles. The highest BCUT2D eigenvalue weighted by molar-refractivity contribution is 7.13. The Labute approximate surface area is 162 Å². The predicted octanol–water partition coefficient (Wildman–Crippen LogP) is 4.07. The summed E-state index contributed by atoms with van der Waals surface area (Å²) in [6.07, 6.45) is 2.48. The second-order valence-electron chi connectivity index (χ2n) is 6.77. The van der Waals surface area contributed by atoms with E-state index in [1.165, 1.54) is 24.2 Å². The number of carboxylic acid groups (broad SMARTS) is 1. The molecule has 0 aliphatic carbocycles. The van der Waals surface area contributed by atoms with E-state index in [4.69, 9.17) is 9.84 Å². The molecule has 1 aliphatic rings. The minimum atomic E-state index is -0.869. The molecule has 1 aromatic heterocycles. The van der Waals surface area contributed by atoms with Crippen molar-refractivity contribution in [1.29, 1.82) is 0 Å². The number of nitrogens with zero attached hydrogens (tertiary/aromatic N) is 2. The minimum absolute atomic E-state index is 0.0631. The molecule has 0 radical (unpaired) electrons. The van der Waals surface area contributed by atoms with E-state index < -0.39 is 5.97 Å². The predicted molar refractivity (Wildman–Crippen MR) is 108 cm³/mol. The number of rotatable bonds is 7. The van der Waals surface area contributed by atoms with Crippen molar-refractivity contribution in [2.45, 2.75) is 19.3 Å². The Morgan fingerprint density at radius 3 is 2.81 bits per heavy atom. The SMILES string of the molecule is O=C(O)Cc1csc(-c2c(OCCN3CCCC3)ccc3ccccc23)n1. The lowest BCUT2D eigenvalue weighted by molar-refractivity contribution is -0.136. The van der Waals surface area contributed by atoms with E-state index in [2.05, 4.69) is 28.1 Å². The van der Waals surface area contributed by atoms with E-state index in [1.807, 2.05) is 23.6 Å². The molecule has 0 atom stereocenters. The molecule has 1 fully saturated rings. The smallest absolute Gasteiger partial charge is 0.309 e. The van der Waals surface area contributed by atoms with Crippen LogP contribution in [0, 0.1) is 0 Å². The van der Waals surface area contributed by atoms with Gasteiger partial charge in [-0.15, -0.1) is 11.3 Å². The van der Waals surface area contributed by atoms with Gasteiger partial charge < -0.3 is 9.84 Å². The number of hydrogen-bond donors (Lipinski definition) is 1. The van der Waals surface area contributed by atoms with Crippen molar-refractivity contribution in [3.05, 3.63) is 47.5 Å². The largest absolute Gasteiger partial charge is 0.491 e. The Hall–Kier alpha value is -2.44. The molecule has 2 heterocycles. The Morgan fingerprint density at radius 2 is 2.00 bits per heavy atom. The summed E-state index contributed by atoms with van der Waals surface area (Å²) in [6, 6.07) is 12.2. The highest BCUT2D eigenvalue weighted by atomic mass is 32.1. The summed E-state index contributed by atoms with van der Waals surface area (Å²) in [4.78, 5) is 18.0. The lowest BCUT2D eigenvalue weighted by Gasteiger charge is -2.17. The molecule has 4 rings (SSSR count). The highest BCUT2D eigenvalue weighted by Gasteiger charge is 2.17. The summed E-state index contributed by atoms with van der Waals surface area (Å²) in [7, 11) is 0. The second kappa shape index (κ2) is 8.06.